The van der Waals surface area contributed by atoms with Crippen molar-refractivity contribution >= 4 is 17.5 Å². The fraction of sp³-hybridized carbons (Fsp3) is 0.200. The molecule has 140 valence electrons. The number of para-hydroxylation sites is 1. The van der Waals surface area contributed by atoms with Crippen molar-refractivity contribution in [2.24, 2.45) is 0 Å². The van der Waals surface area contributed by atoms with Crippen LogP contribution in [0.25, 0.3) is 5.69 Å². The summed E-state index contributed by atoms with van der Waals surface area (Å²) in [5.41, 5.74) is 2.24. The Morgan fingerprint density at radius 3 is 2.74 bits per heavy atom. The molecule has 1 heterocycles. The van der Waals surface area contributed by atoms with Gasteiger partial charge in [-0.1, -0.05) is 29.8 Å². The number of nitrogens with one attached hydrogen (secondary N) is 1. The van der Waals surface area contributed by atoms with E-state index in [-0.39, 0.29) is 5.91 Å². The summed E-state index contributed by atoms with van der Waals surface area (Å²) in [5, 5.41) is 7.51. The highest BCUT2D eigenvalue weighted by Gasteiger charge is 2.15. The first-order valence-corrected chi connectivity index (χ1v) is 8.87. The standard InChI is InChI=1S/C20H20ClN3O3/c1-3-27-19-17(21)9-15(10-18(19)26-2)20(25)22-11-14-12-23-24(13-14)16-7-5-4-6-8-16/h4-10,12-13H,3,11H2,1-2H3,(H,22,25). The average molecular weight is 386 g/mol. The van der Waals surface area contributed by atoms with Gasteiger partial charge in [-0.05, 0) is 31.2 Å². The molecule has 2 aromatic carbocycles. The van der Waals surface area contributed by atoms with Crippen molar-refractivity contribution in [2.45, 2.75) is 13.5 Å². The molecule has 3 aromatic rings. The summed E-state index contributed by atoms with van der Waals surface area (Å²) >= 11 is 6.23. The molecule has 1 N–H and O–H groups in total. The van der Waals surface area contributed by atoms with Gasteiger partial charge < -0.3 is 14.8 Å². The van der Waals surface area contributed by atoms with Gasteiger partial charge in [-0.25, -0.2) is 4.68 Å². The Bertz CT molecular complexity index is 925. The lowest BCUT2D eigenvalue weighted by Crippen LogP contribution is -2.22. The molecular weight excluding hydrogens is 366 g/mol. The molecule has 0 saturated heterocycles. The number of nitrogens with zero attached hydrogens (tertiary/aromatic N) is 2. The van der Waals surface area contributed by atoms with E-state index in [9.17, 15) is 4.79 Å². The molecule has 0 aliphatic rings. The molecule has 1 amide bonds. The summed E-state index contributed by atoms with van der Waals surface area (Å²) in [6, 6.07) is 12.9. The van der Waals surface area contributed by atoms with Gasteiger partial charge in [0.1, 0.15) is 0 Å². The lowest BCUT2D eigenvalue weighted by atomic mass is 10.2. The first-order chi connectivity index (χ1) is 13.1. The molecule has 0 unspecified atom stereocenters. The fourth-order valence-electron chi connectivity index (χ4n) is 2.59. The number of hydrogen-bond acceptors (Lipinski definition) is 4. The van der Waals surface area contributed by atoms with Gasteiger partial charge in [0.15, 0.2) is 11.5 Å². The van der Waals surface area contributed by atoms with Crippen LogP contribution in [0.5, 0.6) is 11.5 Å². The number of benzene rings is 2. The lowest BCUT2D eigenvalue weighted by Gasteiger charge is -2.13. The second-order valence-corrected chi connectivity index (χ2v) is 6.14. The summed E-state index contributed by atoms with van der Waals surface area (Å²) in [7, 11) is 1.51. The molecule has 3 rings (SSSR count). The van der Waals surface area contributed by atoms with Gasteiger partial charge in [-0.15, -0.1) is 0 Å². The predicted octanol–water partition coefficient (Wildman–Crippen LogP) is 3.86. The number of amides is 1. The van der Waals surface area contributed by atoms with Gasteiger partial charge in [0.2, 0.25) is 0 Å². The van der Waals surface area contributed by atoms with Crippen LogP contribution < -0.4 is 14.8 Å². The first kappa shape index (κ1) is 18.8. The molecular formula is C20H20ClN3O3. The zero-order valence-electron chi connectivity index (χ0n) is 15.1. The Morgan fingerprint density at radius 2 is 2.04 bits per heavy atom. The third-order valence-electron chi connectivity index (χ3n) is 3.89. The third kappa shape index (κ3) is 4.41. The molecule has 0 fully saturated rings. The number of carbonyl (C=O) groups is 1. The quantitative estimate of drug-likeness (QED) is 0.670. The maximum atomic E-state index is 12.5. The second-order valence-electron chi connectivity index (χ2n) is 5.73. The summed E-state index contributed by atoms with van der Waals surface area (Å²) in [6.45, 7) is 2.65. The van der Waals surface area contributed by atoms with Crippen molar-refractivity contribution in [2.75, 3.05) is 13.7 Å². The summed E-state index contributed by atoms with van der Waals surface area (Å²) in [4.78, 5) is 12.5. The van der Waals surface area contributed by atoms with E-state index in [1.807, 2.05) is 43.5 Å². The molecule has 0 atom stereocenters. The van der Waals surface area contributed by atoms with Crippen LogP contribution in [0.2, 0.25) is 5.02 Å². The van der Waals surface area contributed by atoms with Crippen LogP contribution in [0.4, 0.5) is 0 Å². The summed E-state index contributed by atoms with van der Waals surface area (Å²) < 4.78 is 12.5. The van der Waals surface area contributed by atoms with Crippen molar-refractivity contribution < 1.29 is 14.3 Å². The van der Waals surface area contributed by atoms with E-state index < -0.39 is 0 Å². The maximum absolute atomic E-state index is 12.5. The van der Waals surface area contributed by atoms with Crippen LogP contribution >= 0.6 is 11.6 Å². The lowest BCUT2D eigenvalue weighted by molar-refractivity contribution is 0.0950. The smallest absolute Gasteiger partial charge is 0.251 e. The zero-order valence-corrected chi connectivity index (χ0v) is 15.9. The normalized spacial score (nSPS) is 10.5. The van der Waals surface area contributed by atoms with Crippen molar-refractivity contribution in [3.63, 3.8) is 0 Å². The van der Waals surface area contributed by atoms with E-state index in [1.54, 1.807) is 23.0 Å². The van der Waals surface area contributed by atoms with Crippen LogP contribution in [0, 0.1) is 0 Å². The Labute approximate surface area is 162 Å². The monoisotopic (exact) mass is 385 g/mol. The topological polar surface area (TPSA) is 65.4 Å². The van der Waals surface area contributed by atoms with Crippen LogP contribution in [-0.2, 0) is 6.54 Å². The van der Waals surface area contributed by atoms with Gasteiger partial charge in [-0.2, -0.15) is 5.10 Å². The maximum Gasteiger partial charge on any atom is 0.251 e. The number of aromatic nitrogens is 2. The Balaban J connectivity index is 1.69. The minimum absolute atomic E-state index is 0.259. The SMILES string of the molecule is CCOc1c(Cl)cc(C(=O)NCc2cnn(-c3ccccc3)c2)cc1OC. The third-order valence-corrected chi connectivity index (χ3v) is 4.17. The molecule has 0 spiro atoms. The molecule has 7 heteroatoms. The summed E-state index contributed by atoms with van der Waals surface area (Å²) in [6.07, 6.45) is 3.60. The molecule has 1 aromatic heterocycles. The van der Waals surface area contributed by atoms with Crippen molar-refractivity contribution in [3.05, 3.63) is 71.0 Å². The Kier molecular flexibility index (Phi) is 5.98. The summed E-state index contributed by atoms with van der Waals surface area (Å²) in [5.74, 6) is 0.597. The highest BCUT2D eigenvalue weighted by atomic mass is 35.5. The number of ether oxygens (including phenoxy) is 2. The molecule has 6 nitrogen and oxygen atoms in total. The van der Waals surface area contributed by atoms with Gasteiger partial charge in [0, 0.05) is 23.9 Å². The van der Waals surface area contributed by atoms with Crippen LogP contribution in [0.1, 0.15) is 22.8 Å². The van der Waals surface area contributed by atoms with E-state index in [4.69, 9.17) is 21.1 Å². The minimum atomic E-state index is -0.259. The number of halogens is 1. The van der Waals surface area contributed by atoms with Crippen molar-refractivity contribution in [1.29, 1.82) is 0 Å². The van der Waals surface area contributed by atoms with E-state index >= 15 is 0 Å². The molecule has 0 bridgehead atoms. The number of methoxy groups -OCH3 is 1. The van der Waals surface area contributed by atoms with Gasteiger partial charge in [0.25, 0.3) is 5.91 Å². The average Bonchev–Trinajstić information content (AvgIpc) is 3.17. The number of hydrogen-bond donors (Lipinski definition) is 1. The second kappa shape index (κ2) is 8.60. The zero-order chi connectivity index (χ0) is 19.2. The minimum Gasteiger partial charge on any atom is -0.493 e. The van der Waals surface area contributed by atoms with Crippen LogP contribution in [-0.4, -0.2) is 29.4 Å². The largest absolute Gasteiger partial charge is 0.493 e. The van der Waals surface area contributed by atoms with Crippen LogP contribution in [0.3, 0.4) is 0 Å². The van der Waals surface area contributed by atoms with Crippen molar-refractivity contribution in [1.82, 2.24) is 15.1 Å². The Morgan fingerprint density at radius 1 is 1.26 bits per heavy atom. The number of rotatable bonds is 7. The molecule has 0 saturated carbocycles. The Hall–Kier alpha value is -2.99. The number of carbonyl (C=O) groups excluding carboxylic acids is 1. The highest BCUT2D eigenvalue weighted by Crippen LogP contribution is 2.36. The van der Waals surface area contributed by atoms with Gasteiger partial charge in [0.05, 0.1) is 30.6 Å². The first-order valence-electron chi connectivity index (χ1n) is 8.50. The predicted molar refractivity (Wildman–Crippen MR) is 104 cm³/mol. The van der Waals surface area contributed by atoms with Gasteiger partial charge >= 0.3 is 0 Å². The van der Waals surface area contributed by atoms with E-state index in [0.29, 0.717) is 35.2 Å². The van der Waals surface area contributed by atoms with Crippen molar-refractivity contribution in [3.8, 4) is 17.2 Å². The van der Waals surface area contributed by atoms with Gasteiger partial charge in [-0.3, -0.25) is 4.79 Å². The highest BCUT2D eigenvalue weighted by molar-refractivity contribution is 6.32. The molecule has 0 aliphatic heterocycles. The van der Waals surface area contributed by atoms with E-state index in [2.05, 4.69) is 10.4 Å². The molecule has 27 heavy (non-hydrogen) atoms. The van der Waals surface area contributed by atoms with E-state index in [0.717, 1.165) is 11.3 Å². The fourth-order valence-corrected chi connectivity index (χ4v) is 2.86. The van der Waals surface area contributed by atoms with Crippen LogP contribution in [0.15, 0.2) is 54.9 Å². The molecule has 0 aliphatic carbocycles. The van der Waals surface area contributed by atoms with E-state index in [1.165, 1.54) is 7.11 Å². The molecule has 0 radical (unpaired) electrons.